The molecule has 0 bridgehead atoms. The molecule has 1 aliphatic rings. The zero-order chi connectivity index (χ0) is 24.8. The molecule has 0 saturated carbocycles. The number of hydrogen-bond acceptors (Lipinski definition) is 8. The predicted molar refractivity (Wildman–Crippen MR) is 129 cm³/mol. The van der Waals surface area contributed by atoms with Gasteiger partial charge in [0.25, 0.3) is 11.6 Å². The number of aromatic nitrogens is 1. The largest absolute Gasteiger partial charge is 0.484 e. The van der Waals surface area contributed by atoms with E-state index >= 15 is 0 Å². The number of nitro groups is 1. The van der Waals surface area contributed by atoms with Crippen molar-refractivity contribution in [3.63, 3.8) is 0 Å². The van der Waals surface area contributed by atoms with Crippen LogP contribution in [0.2, 0.25) is 0 Å². The lowest BCUT2D eigenvalue weighted by Crippen LogP contribution is -2.50. The van der Waals surface area contributed by atoms with Crippen molar-refractivity contribution in [1.29, 1.82) is 5.26 Å². The van der Waals surface area contributed by atoms with Gasteiger partial charge in [-0.05, 0) is 48.4 Å². The normalized spacial score (nSPS) is 13.6. The minimum atomic E-state index is -0.461. The molecule has 4 rings (SSSR count). The summed E-state index contributed by atoms with van der Waals surface area (Å²) < 4.78 is 11.4. The van der Waals surface area contributed by atoms with E-state index in [9.17, 15) is 20.2 Å². The summed E-state index contributed by atoms with van der Waals surface area (Å²) in [4.78, 5) is 30.7. The molecule has 0 N–H and O–H groups in total. The fourth-order valence-corrected chi connectivity index (χ4v) is 3.66. The number of carbonyl (C=O) groups is 1. The Morgan fingerprint density at radius 1 is 1.20 bits per heavy atom. The van der Waals surface area contributed by atoms with Crippen LogP contribution >= 0.6 is 0 Å². The van der Waals surface area contributed by atoms with Gasteiger partial charge in [-0.15, -0.1) is 0 Å². The van der Waals surface area contributed by atoms with Crippen LogP contribution < -0.4 is 9.64 Å². The number of oxazole rings is 1. The van der Waals surface area contributed by atoms with Crippen LogP contribution in [0.5, 0.6) is 5.75 Å². The number of piperazine rings is 1. The molecule has 10 nitrogen and oxygen atoms in total. The Balaban J connectivity index is 1.34. The SMILES string of the molecule is Cc1cccc(OCC(=O)N2CCN(c3oc(/C=C/c4ccc([N+](=O)[O-])cc4)nc3C#N)CC2)c1. The van der Waals surface area contributed by atoms with Crippen LogP contribution in [0.15, 0.2) is 52.9 Å². The lowest BCUT2D eigenvalue weighted by molar-refractivity contribution is -0.384. The van der Waals surface area contributed by atoms with E-state index in [-0.39, 0.29) is 29.8 Å². The number of carbonyl (C=O) groups excluding carboxylic acids is 1. The lowest BCUT2D eigenvalue weighted by atomic mass is 10.2. The van der Waals surface area contributed by atoms with E-state index in [4.69, 9.17) is 9.15 Å². The Hall–Kier alpha value is -4.65. The summed E-state index contributed by atoms with van der Waals surface area (Å²) in [5, 5.41) is 20.3. The van der Waals surface area contributed by atoms with Gasteiger partial charge in [-0.1, -0.05) is 12.1 Å². The van der Waals surface area contributed by atoms with Crippen molar-refractivity contribution in [2.75, 3.05) is 37.7 Å². The molecule has 178 valence electrons. The summed E-state index contributed by atoms with van der Waals surface area (Å²) in [7, 11) is 0. The number of anilines is 1. The molecule has 2 aromatic carbocycles. The van der Waals surface area contributed by atoms with Gasteiger partial charge in [-0.3, -0.25) is 14.9 Å². The van der Waals surface area contributed by atoms with Gasteiger partial charge < -0.3 is 19.0 Å². The number of aryl methyl sites for hydroxylation is 1. The number of non-ortho nitro benzene ring substituents is 1. The van der Waals surface area contributed by atoms with Crippen LogP contribution in [0.25, 0.3) is 12.2 Å². The summed E-state index contributed by atoms with van der Waals surface area (Å²) in [6, 6.07) is 15.6. The Kier molecular flexibility index (Phi) is 7.07. The molecule has 0 unspecified atom stereocenters. The number of hydrogen-bond donors (Lipinski definition) is 0. The van der Waals surface area contributed by atoms with E-state index in [1.807, 2.05) is 36.1 Å². The highest BCUT2D eigenvalue weighted by molar-refractivity contribution is 5.78. The zero-order valence-electron chi connectivity index (χ0n) is 19.1. The molecule has 3 aromatic rings. The molecule has 1 saturated heterocycles. The third-order valence-electron chi connectivity index (χ3n) is 5.53. The number of benzene rings is 2. The van der Waals surface area contributed by atoms with Crippen molar-refractivity contribution < 1.29 is 18.9 Å². The standard InChI is InChI=1S/C25H23N5O5/c1-18-3-2-4-21(15-18)34-17-24(31)28-11-13-29(14-12-28)25-22(16-26)27-23(35-25)10-7-19-5-8-20(9-6-19)30(32)33/h2-10,15H,11-14,17H2,1H3/b10-7+. The number of nitrogens with zero attached hydrogens (tertiary/aromatic N) is 5. The molecule has 10 heteroatoms. The highest BCUT2D eigenvalue weighted by Gasteiger charge is 2.26. The smallest absolute Gasteiger partial charge is 0.269 e. The molecule has 0 spiro atoms. The second-order valence-corrected chi connectivity index (χ2v) is 7.97. The second-order valence-electron chi connectivity index (χ2n) is 7.97. The first kappa shape index (κ1) is 23.5. The number of nitro benzene ring substituents is 1. The third kappa shape index (κ3) is 5.83. The minimum Gasteiger partial charge on any atom is -0.484 e. The van der Waals surface area contributed by atoms with Crippen LogP contribution in [0.4, 0.5) is 11.6 Å². The van der Waals surface area contributed by atoms with Crippen LogP contribution in [-0.2, 0) is 4.79 Å². The Morgan fingerprint density at radius 3 is 2.60 bits per heavy atom. The molecule has 1 amide bonds. The third-order valence-corrected chi connectivity index (χ3v) is 5.53. The second kappa shape index (κ2) is 10.5. The maximum Gasteiger partial charge on any atom is 0.269 e. The van der Waals surface area contributed by atoms with Crippen LogP contribution in [0.3, 0.4) is 0 Å². The van der Waals surface area contributed by atoms with Gasteiger partial charge in [-0.25, -0.2) is 0 Å². The summed E-state index contributed by atoms with van der Waals surface area (Å²) >= 11 is 0. The van der Waals surface area contributed by atoms with E-state index in [1.165, 1.54) is 12.1 Å². The van der Waals surface area contributed by atoms with E-state index in [0.717, 1.165) is 11.1 Å². The average molecular weight is 473 g/mol. The molecule has 0 aliphatic carbocycles. The highest BCUT2D eigenvalue weighted by atomic mass is 16.6. The first-order valence-electron chi connectivity index (χ1n) is 11.0. The fraction of sp³-hybridized carbons (Fsp3) is 0.240. The summed E-state index contributed by atoms with van der Waals surface area (Å²) in [5.74, 6) is 1.17. The topological polar surface area (TPSA) is 126 Å². The summed E-state index contributed by atoms with van der Waals surface area (Å²) in [5.41, 5.74) is 1.96. The van der Waals surface area contributed by atoms with Crippen molar-refractivity contribution in [3.8, 4) is 11.8 Å². The van der Waals surface area contributed by atoms with E-state index in [2.05, 4.69) is 11.1 Å². The van der Waals surface area contributed by atoms with E-state index < -0.39 is 4.92 Å². The lowest BCUT2D eigenvalue weighted by Gasteiger charge is -2.34. The number of amides is 1. The van der Waals surface area contributed by atoms with E-state index in [0.29, 0.717) is 37.8 Å². The van der Waals surface area contributed by atoms with E-state index in [1.54, 1.807) is 29.2 Å². The van der Waals surface area contributed by atoms with Crippen molar-refractivity contribution in [2.24, 2.45) is 0 Å². The van der Waals surface area contributed by atoms with Gasteiger partial charge in [-0.2, -0.15) is 10.2 Å². The average Bonchev–Trinajstić information content (AvgIpc) is 3.30. The van der Waals surface area contributed by atoms with Crippen molar-refractivity contribution in [2.45, 2.75) is 6.92 Å². The van der Waals surface area contributed by atoms with Crippen molar-refractivity contribution in [1.82, 2.24) is 9.88 Å². The predicted octanol–water partition coefficient (Wildman–Crippen LogP) is 3.66. The van der Waals surface area contributed by atoms with Crippen LogP contribution in [0, 0.1) is 28.4 Å². The van der Waals surface area contributed by atoms with Crippen LogP contribution in [-0.4, -0.2) is 53.5 Å². The summed E-state index contributed by atoms with van der Waals surface area (Å²) in [6.07, 6.45) is 3.30. The van der Waals surface area contributed by atoms with Crippen LogP contribution in [0.1, 0.15) is 22.7 Å². The summed E-state index contributed by atoms with van der Waals surface area (Å²) in [6.45, 7) is 3.85. The molecule has 1 fully saturated rings. The molecule has 0 radical (unpaired) electrons. The van der Waals surface area contributed by atoms with Gasteiger partial charge in [0.1, 0.15) is 11.8 Å². The van der Waals surface area contributed by atoms with Gasteiger partial charge in [0.2, 0.25) is 17.5 Å². The number of nitriles is 1. The zero-order valence-corrected chi connectivity index (χ0v) is 19.1. The maximum atomic E-state index is 12.6. The highest BCUT2D eigenvalue weighted by Crippen LogP contribution is 2.24. The van der Waals surface area contributed by atoms with Crippen molar-refractivity contribution >= 4 is 29.6 Å². The molecule has 0 atom stereocenters. The number of rotatable bonds is 7. The fourth-order valence-electron chi connectivity index (χ4n) is 3.66. The molecule has 1 aliphatic heterocycles. The quantitative estimate of drug-likeness (QED) is 0.376. The molecular weight excluding hydrogens is 450 g/mol. The molecule has 1 aromatic heterocycles. The maximum absolute atomic E-state index is 12.6. The van der Waals surface area contributed by atoms with Gasteiger partial charge in [0, 0.05) is 44.4 Å². The first-order valence-corrected chi connectivity index (χ1v) is 11.0. The molecule has 2 heterocycles. The van der Waals surface area contributed by atoms with Gasteiger partial charge >= 0.3 is 0 Å². The monoisotopic (exact) mass is 473 g/mol. The van der Waals surface area contributed by atoms with Gasteiger partial charge in [0.05, 0.1) is 4.92 Å². The number of ether oxygens (including phenoxy) is 1. The Morgan fingerprint density at radius 2 is 1.94 bits per heavy atom. The Bertz CT molecular complexity index is 1280. The van der Waals surface area contributed by atoms with Gasteiger partial charge in [0.15, 0.2) is 6.61 Å². The molecular formula is C25H23N5O5. The molecule has 35 heavy (non-hydrogen) atoms. The first-order chi connectivity index (χ1) is 16.9. The Labute approximate surface area is 201 Å². The van der Waals surface area contributed by atoms with Crippen molar-refractivity contribution in [3.05, 3.63) is 81.4 Å². The minimum absolute atomic E-state index is 0.00618.